The first-order valence-electron chi connectivity index (χ1n) is 4.83. The molecule has 2 amide bonds. The van der Waals surface area contributed by atoms with Gasteiger partial charge in [-0.1, -0.05) is 6.92 Å². The number of likely N-dealkylation sites (tertiary alicyclic amines) is 1. The molecule has 3 atom stereocenters. The van der Waals surface area contributed by atoms with Crippen LogP contribution in [0.5, 0.6) is 0 Å². The minimum absolute atomic E-state index is 0.179. The molecular formula is C9H14N2O3. The summed E-state index contributed by atoms with van der Waals surface area (Å²) in [6.45, 7) is 3.12. The molecule has 78 valence electrons. The third-order valence-electron chi connectivity index (χ3n) is 2.99. The maximum absolute atomic E-state index is 11.3. The minimum Gasteiger partial charge on any atom is -0.391 e. The molecule has 0 aliphatic carbocycles. The van der Waals surface area contributed by atoms with Crippen molar-refractivity contribution in [1.29, 1.82) is 0 Å². The van der Waals surface area contributed by atoms with Gasteiger partial charge in [0.05, 0.1) is 18.6 Å². The van der Waals surface area contributed by atoms with Crippen molar-refractivity contribution in [3.8, 4) is 0 Å². The number of β-amino-alcohol motifs (C(OH)–C–C–N with tert-alkyl or cyclic N) is 1. The number of rotatable bonds is 1. The number of hydrogen-bond donors (Lipinski definition) is 2. The molecule has 0 radical (unpaired) electrons. The first-order valence-corrected chi connectivity index (χ1v) is 4.83. The minimum atomic E-state index is -0.376. The van der Waals surface area contributed by atoms with Crippen molar-refractivity contribution < 1.29 is 14.7 Å². The number of carbonyl (C=O) groups excluding carboxylic acids is 2. The third-order valence-corrected chi connectivity index (χ3v) is 2.99. The van der Waals surface area contributed by atoms with Gasteiger partial charge in [-0.05, 0) is 5.92 Å². The van der Waals surface area contributed by atoms with Gasteiger partial charge in [0.2, 0.25) is 11.8 Å². The van der Waals surface area contributed by atoms with E-state index in [2.05, 4.69) is 5.32 Å². The molecule has 5 heteroatoms. The van der Waals surface area contributed by atoms with Gasteiger partial charge >= 0.3 is 0 Å². The topological polar surface area (TPSA) is 69.6 Å². The fourth-order valence-corrected chi connectivity index (χ4v) is 2.08. The zero-order valence-electron chi connectivity index (χ0n) is 8.06. The van der Waals surface area contributed by atoms with Gasteiger partial charge in [-0.2, -0.15) is 0 Å². The van der Waals surface area contributed by atoms with Crippen LogP contribution in [0.3, 0.4) is 0 Å². The van der Waals surface area contributed by atoms with Gasteiger partial charge in [0.25, 0.3) is 0 Å². The quantitative estimate of drug-likeness (QED) is 0.515. The maximum Gasteiger partial charge on any atom is 0.244 e. The fraction of sp³-hybridized carbons (Fsp3) is 0.778. The van der Waals surface area contributed by atoms with Crippen molar-refractivity contribution in [1.82, 2.24) is 10.2 Å². The van der Waals surface area contributed by atoms with Crippen LogP contribution in [0, 0.1) is 5.92 Å². The molecule has 2 saturated heterocycles. The van der Waals surface area contributed by atoms with Gasteiger partial charge in [0.1, 0.15) is 0 Å². The Morgan fingerprint density at radius 3 is 2.57 bits per heavy atom. The van der Waals surface area contributed by atoms with E-state index in [-0.39, 0.29) is 36.3 Å². The number of nitrogens with one attached hydrogen (secondary N) is 1. The number of nitrogens with zero attached hydrogens (tertiary/aromatic N) is 1. The summed E-state index contributed by atoms with van der Waals surface area (Å²) in [5, 5.41) is 11.8. The number of aliphatic hydroxyl groups excluding tert-OH is 1. The lowest BCUT2D eigenvalue weighted by Crippen LogP contribution is -2.39. The second-order valence-electron chi connectivity index (χ2n) is 4.13. The summed E-state index contributed by atoms with van der Waals surface area (Å²) < 4.78 is 0. The standard InChI is InChI=1S/C9H14N2O3/c1-5-3-11(4-7(5)12)6-2-8(13)10-9(6)14/h5-7,12H,2-4H2,1H3,(H,10,13,14). The highest BCUT2D eigenvalue weighted by atomic mass is 16.3. The van der Waals surface area contributed by atoms with Gasteiger partial charge in [-0.25, -0.2) is 0 Å². The molecule has 0 aromatic carbocycles. The van der Waals surface area contributed by atoms with Gasteiger partial charge < -0.3 is 5.11 Å². The van der Waals surface area contributed by atoms with Crippen LogP contribution < -0.4 is 5.32 Å². The third kappa shape index (κ3) is 1.53. The van der Waals surface area contributed by atoms with Crippen molar-refractivity contribution in [3.63, 3.8) is 0 Å². The van der Waals surface area contributed by atoms with E-state index in [9.17, 15) is 14.7 Å². The van der Waals surface area contributed by atoms with E-state index in [1.807, 2.05) is 11.8 Å². The molecule has 5 nitrogen and oxygen atoms in total. The molecule has 14 heavy (non-hydrogen) atoms. The molecule has 2 heterocycles. The molecule has 2 aliphatic rings. The van der Waals surface area contributed by atoms with E-state index in [1.54, 1.807) is 0 Å². The first-order chi connectivity index (χ1) is 6.58. The number of hydrogen-bond acceptors (Lipinski definition) is 4. The number of aliphatic hydroxyl groups is 1. The van der Waals surface area contributed by atoms with Crippen LogP contribution >= 0.6 is 0 Å². The highest BCUT2D eigenvalue weighted by molar-refractivity contribution is 6.05. The highest BCUT2D eigenvalue weighted by Crippen LogP contribution is 2.21. The van der Waals surface area contributed by atoms with Crippen LogP contribution in [0.4, 0.5) is 0 Å². The normalized spacial score (nSPS) is 39.1. The van der Waals surface area contributed by atoms with Crippen molar-refractivity contribution in [2.75, 3.05) is 13.1 Å². The molecular weight excluding hydrogens is 184 g/mol. The van der Waals surface area contributed by atoms with Crippen LogP contribution in [0.2, 0.25) is 0 Å². The molecule has 0 spiro atoms. The smallest absolute Gasteiger partial charge is 0.244 e. The van der Waals surface area contributed by atoms with E-state index >= 15 is 0 Å². The van der Waals surface area contributed by atoms with E-state index in [1.165, 1.54) is 0 Å². The van der Waals surface area contributed by atoms with Crippen LogP contribution in [0.25, 0.3) is 0 Å². The summed E-state index contributed by atoms with van der Waals surface area (Å²) in [6, 6.07) is -0.359. The number of amides is 2. The van der Waals surface area contributed by atoms with Crippen molar-refractivity contribution >= 4 is 11.8 Å². The van der Waals surface area contributed by atoms with Gasteiger partial charge in [0, 0.05) is 13.1 Å². The lowest BCUT2D eigenvalue weighted by molar-refractivity contribution is -0.126. The van der Waals surface area contributed by atoms with Crippen molar-refractivity contribution in [3.05, 3.63) is 0 Å². The Labute approximate surface area is 82.1 Å². The Hall–Kier alpha value is -0.940. The summed E-state index contributed by atoms with van der Waals surface area (Å²) in [5.74, 6) is -0.260. The second kappa shape index (κ2) is 3.33. The van der Waals surface area contributed by atoms with Gasteiger partial charge in [0.15, 0.2) is 0 Å². The Morgan fingerprint density at radius 1 is 1.43 bits per heavy atom. The highest BCUT2D eigenvalue weighted by Gasteiger charge is 2.40. The van der Waals surface area contributed by atoms with Gasteiger partial charge in [-0.15, -0.1) is 0 Å². The average Bonchev–Trinajstić information content (AvgIpc) is 2.57. The summed E-state index contributed by atoms with van der Waals surface area (Å²) in [4.78, 5) is 24.2. The van der Waals surface area contributed by atoms with E-state index < -0.39 is 0 Å². The van der Waals surface area contributed by atoms with Crippen molar-refractivity contribution in [2.45, 2.75) is 25.5 Å². The van der Waals surface area contributed by atoms with Crippen LogP contribution in [0.15, 0.2) is 0 Å². The maximum atomic E-state index is 11.3. The predicted molar refractivity (Wildman–Crippen MR) is 48.3 cm³/mol. The number of carbonyl (C=O) groups is 2. The zero-order valence-corrected chi connectivity index (χ0v) is 8.06. The molecule has 3 unspecified atom stereocenters. The second-order valence-corrected chi connectivity index (χ2v) is 4.13. The lowest BCUT2D eigenvalue weighted by atomic mass is 10.1. The Bertz CT molecular complexity index is 269. The molecule has 0 saturated carbocycles. The van der Waals surface area contributed by atoms with Crippen LogP contribution in [0.1, 0.15) is 13.3 Å². The largest absolute Gasteiger partial charge is 0.391 e. The van der Waals surface area contributed by atoms with Gasteiger partial charge in [-0.3, -0.25) is 19.8 Å². The van der Waals surface area contributed by atoms with Crippen molar-refractivity contribution in [2.24, 2.45) is 5.92 Å². The van der Waals surface area contributed by atoms with Crippen LogP contribution in [-0.2, 0) is 9.59 Å². The monoisotopic (exact) mass is 198 g/mol. The molecule has 2 fully saturated rings. The average molecular weight is 198 g/mol. The van der Waals surface area contributed by atoms with E-state index in [0.29, 0.717) is 13.1 Å². The van der Waals surface area contributed by atoms with Crippen LogP contribution in [-0.4, -0.2) is 47.1 Å². The van der Waals surface area contributed by atoms with E-state index in [0.717, 1.165) is 0 Å². The summed E-state index contributed by atoms with van der Waals surface area (Å²) in [5.41, 5.74) is 0. The summed E-state index contributed by atoms with van der Waals surface area (Å²) in [7, 11) is 0. The van der Waals surface area contributed by atoms with E-state index in [4.69, 9.17) is 0 Å². The molecule has 2 rings (SSSR count). The molecule has 2 N–H and O–H groups in total. The summed E-state index contributed by atoms with van der Waals surface area (Å²) >= 11 is 0. The lowest BCUT2D eigenvalue weighted by Gasteiger charge is -2.19. The first kappa shape index (κ1) is 9.61. The Balaban J connectivity index is 2.03. The Morgan fingerprint density at radius 2 is 2.14 bits per heavy atom. The summed E-state index contributed by atoms with van der Waals surface area (Å²) in [6.07, 6.45) is -0.142. The SMILES string of the molecule is CC1CN(C2CC(=O)NC2=O)CC1O. The fourth-order valence-electron chi connectivity index (χ4n) is 2.08. The predicted octanol–water partition coefficient (Wildman–Crippen LogP) is -1.29. The molecule has 0 bridgehead atoms. The number of imide groups is 1. The zero-order chi connectivity index (χ0) is 10.3. The molecule has 0 aromatic rings. The molecule has 2 aliphatic heterocycles. The molecule has 0 aromatic heterocycles. The Kier molecular flexibility index (Phi) is 2.28.